The van der Waals surface area contributed by atoms with Crippen LogP contribution in [-0.2, 0) is 0 Å². The van der Waals surface area contributed by atoms with Crippen LogP contribution in [0, 0.1) is 0 Å². The van der Waals surface area contributed by atoms with Crippen LogP contribution >= 0.6 is 27.5 Å². The van der Waals surface area contributed by atoms with Gasteiger partial charge in [0.25, 0.3) is 5.91 Å². The fraction of sp³-hybridized carbons (Fsp3) is 0. The highest BCUT2D eigenvalue weighted by molar-refractivity contribution is 9.10. The largest absolute Gasteiger partial charge is 0.305 e. The number of amides is 1. The fourth-order valence-corrected chi connectivity index (χ4v) is 1.57. The summed E-state index contributed by atoms with van der Waals surface area (Å²) < 4.78 is 0.671. The molecule has 0 aliphatic carbocycles. The summed E-state index contributed by atoms with van der Waals surface area (Å²) in [5.41, 5.74) is 0.440. The van der Waals surface area contributed by atoms with Gasteiger partial charge in [-0.25, -0.2) is 9.97 Å². The maximum absolute atomic E-state index is 11.8. The molecule has 17 heavy (non-hydrogen) atoms. The quantitative estimate of drug-likeness (QED) is 0.867. The van der Waals surface area contributed by atoms with Crippen molar-refractivity contribution in [2.24, 2.45) is 0 Å². The van der Waals surface area contributed by atoms with Crippen molar-refractivity contribution in [2.75, 3.05) is 5.32 Å². The van der Waals surface area contributed by atoms with Crippen LogP contribution in [0.2, 0.25) is 5.02 Å². The minimum atomic E-state index is -0.300. The second kappa shape index (κ2) is 5.25. The Morgan fingerprint density at radius 3 is 2.76 bits per heavy atom. The molecule has 6 heteroatoms. The van der Waals surface area contributed by atoms with Crippen molar-refractivity contribution in [2.45, 2.75) is 0 Å². The SMILES string of the molecule is O=C(Nc1ncccc1Cl)c1ccc(Br)nc1. The molecule has 0 saturated heterocycles. The monoisotopic (exact) mass is 311 g/mol. The van der Waals surface area contributed by atoms with E-state index in [0.29, 0.717) is 21.0 Å². The maximum Gasteiger partial charge on any atom is 0.258 e. The Balaban J connectivity index is 2.17. The summed E-state index contributed by atoms with van der Waals surface area (Å²) in [5.74, 6) is 0.0349. The van der Waals surface area contributed by atoms with Gasteiger partial charge >= 0.3 is 0 Å². The molecule has 86 valence electrons. The molecule has 2 heterocycles. The summed E-state index contributed by atoms with van der Waals surface area (Å²) in [6.45, 7) is 0. The molecule has 0 spiro atoms. The predicted molar refractivity (Wildman–Crippen MR) is 69.1 cm³/mol. The van der Waals surface area contributed by atoms with Crippen LogP contribution < -0.4 is 5.32 Å². The molecule has 1 N–H and O–H groups in total. The summed E-state index contributed by atoms with van der Waals surface area (Å²) >= 11 is 9.08. The summed E-state index contributed by atoms with van der Waals surface area (Å²) in [5, 5.41) is 3.00. The molecule has 4 nitrogen and oxygen atoms in total. The van der Waals surface area contributed by atoms with Crippen molar-refractivity contribution in [1.82, 2.24) is 9.97 Å². The van der Waals surface area contributed by atoms with Crippen molar-refractivity contribution in [3.63, 3.8) is 0 Å². The molecule has 2 aromatic heterocycles. The Kier molecular flexibility index (Phi) is 3.71. The normalized spacial score (nSPS) is 10.0. The van der Waals surface area contributed by atoms with Crippen LogP contribution in [0.3, 0.4) is 0 Å². The molecule has 2 aromatic rings. The predicted octanol–water partition coefficient (Wildman–Crippen LogP) is 3.14. The fourth-order valence-electron chi connectivity index (χ4n) is 1.17. The number of nitrogens with one attached hydrogen (secondary N) is 1. The number of hydrogen-bond acceptors (Lipinski definition) is 3. The van der Waals surface area contributed by atoms with Gasteiger partial charge in [0.15, 0.2) is 5.82 Å². The molecular formula is C11H7BrClN3O. The van der Waals surface area contributed by atoms with Crippen molar-refractivity contribution >= 4 is 39.3 Å². The van der Waals surface area contributed by atoms with Crippen LogP contribution in [0.4, 0.5) is 5.82 Å². The summed E-state index contributed by atoms with van der Waals surface area (Å²) in [6.07, 6.45) is 3.03. The highest BCUT2D eigenvalue weighted by atomic mass is 79.9. The lowest BCUT2D eigenvalue weighted by molar-refractivity contribution is 0.102. The van der Waals surface area contributed by atoms with E-state index in [2.05, 4.69) is 31.2 Å². The van der Waals surface area contributed by atoms with Crippen molar-refractivity contribution in [3.8, 4) is 0 Å². The van der Waals surface area contributed by atoms with Crippen LogP contribution in [0.5, 0.6) is 0 Å². The lowest BCUT2D eigenvalue weighted by Gasteiger charge is -2.05. The summed E-state index contributed by atoms with van der Waals surface area (Å²) in [7, 11) is 0. The first kappa shape index (κ1) is 12.0. The van der Waals surface area contributed by atoms with Crippen LogP contribution in [0.25, 0.3) is 0 Å². The van der Waals surface area contributed by atoms with Crippen LogP contribution in [0.1, 0.15) is 10.4 Å². The third-order valence-electron chi connectivity index (χ3n) is 1.98. The molecule has 0 radical (unpaired) electrons. The van der Waals surface area contributed by atoms with E-state index in [1.807, 2.05) is 0 Å². The Morgan fingerprint density at radius 2 is 2.12 bits per heavy atom. The molecule has 2 rings (SSSR count). The van der Waals surface area contributed by atoms with Gasteiger partial charge in [0.2, 0.25) is 0 Å². The van der Waals surface area contributed by atoms with E-state index < -0.39 is 0 Å². The zero-order chi connectivity index (χ0) is 12.3. The van der Waals surface area contributed by atoms with Crippen molar-refractivity contribution in [3.05, 3.63) is 51.8 Å². The molecule has 0 atom stereocenters. The lowest BCUT2D eigenvalue weighted by atomic mass is 10.3. The molecule has 0 aliphatic heterocycles. The Morgan fingerprint density at radius 1 is 1.29 bits per heavy atom. The number of rotatable bonds is 2. The molecule has 0 unspecified atom stereocenters. The standard InChI is InChI=1S/C11H7BrClN3O/c12-9-4-3-7(6-15-9)11(17)16-10-8(13)2-1-5-14-10/h1-6H,(H,14,16,17). The van der Waals surface area contributed by atoms with E-state index in [0.717, 1.165) is 0 Å². The summed E-state index contributed by atoms with van der Waals surface area (Å²) in [4.78, 5) is 19.7. The Hall–Kier alpha value is -1.46. The maximum atomic E-state index is 11.8. The van der Waals surface area contributed by atoms with Crippen molar-refractivity contribution < 1.29 is 4.79 Å². The smallest absolute Gasteiger partial charge is 0.258 e. The highest BCUT2D eigenvalue weighted by Gasteiger charge is 2.09. The van der Waals surface area contributed by atoms with Gasteiger partial charge < -0.3 is 5.32 Å². The van der Waals surface area contributed by atoms with Gasteiger partial charge in [-0.2, -0.15) is 0 Å². The molecule has 0 aliphatic rings. The first-order chi connectivity index (χ1) is 8.16. The first-order valence-corrected chi connectivity index (χ1v) is 5.87. The number of pyridine rings is 2. The Labute approximate surface area is 111 Å². The average molecular weight is 313 g/mol. The number of carbonyl (C=O) groups excluding carboxylic acids is 1. The average Bonchev–Trinajstić information content (AvgIpc) is 2.33. The zero-order valence-corrected chi connectivity index (χ0v) is 10.9. The second-order valence-electron chi connectivity index (χ2n) is 3.16. The number of halogens is 2. The Bertz CT molecular complexity index is 545. The van der Waals surface area contributed by atoms with Gasteiger partial charge in [-0.3, -0.25) is 4.79 Å². The molecule has 1 amide bonds. The minimum Gasteiger partial charge on any atom is -0.305 e. The second-order valence-corrected chi connectivity index (χ2v) is 4.38. The van der Waals surface area contributed by atoms with Crippen LogP contribution in [-0.4, -0.2) is 15.9 Å². The number of anilines is 1. The topological polar surface area (TPSA) is 54.9 Å². The minimum absolute atomic E-state index is 0.300. The first-order valence-electron chi connectivity index (χ1n) is 4.70. The molecule has 0 saturated carbocycles. The van der Waals surface area contributed by atoms with Crippen LogP contribution in [0.15, 0.2) is 41.3 Å². The van der Waals surface area contributed by atoms with E-state index in [1.54, 1.807) is 30.5 Å². The highest BCUT2D eigenvalue weighted by Crippen LogP contribution is 2.18. The van der Waals surface area contributed by atoms with E-state index in [1.165, 1.54) is 6.20 Å². The van der Waals surface area contributed by atoms with Gasteiger partial charge in [0, 0.05) is 12.4 Å². The lowest BCUT2D eigenvalue weighted by Crippen LogP contribution is -2.13. The number of aromatic nitrogens is 2. The zero-order valence-electron chi connectivity index (χ0n) is 8.52. The molecule has 0 aromatic carbocycles. The van der Waals surface area contributed by atoms with E-state index >= 15 is 0 Å². The summed E-state index contributed by atoms with van der Waals surface area (Å²) in [6, 6.07) is 6.70. The third-order valence-corrected chi connectivity index (χ3v) is 2.75. The number of nitrogens with zero attached hydrogens (tertiary/aromatic N) is 2. The molecular weight excluding hydrogens is 305 g/mol. The van der Waals surface area contributed by atoms with Gasteiger partial charge in [0.1, 0.15) is 4.60 Å². The van der Waals surface area contributed by atoms with Gasteiger partial charge in [-0.05, 0) is 40.2 Å². The van der Waals surface area contributed by atoms with Crippen molar-refractivity contribution in [1.29, 1.82) is 0 Å². The van der Waals surface area contributed by atoms with E-state index in [-0.39, 0.29) is 5.91 Å². The molecule has 0 bridgehead atoms. The van der Waals surface area contributed by atoms with Gasteiger partial charge in [-0.15, -0.1) is 0 Å². The van der Waals surface area contributed by atoms with E-state index in [4.69, 9.17) is 11.6 Å². The molecule has 0 fully saturated rings. The van der Waals surface area contributed by atoms with E-state index in [9.17, 15) is 4.79 Å². The van der Waals surface area contributed by atoms with Gasteiger partial charge in [-0.1, -0.05) is 11.6 Å². The number of hydrogen-bond donors (Lipinski definition) is 1. The number of carbonyl (C=O) groups is 1. The van der Waals surface area contributed by atoms with Gasteiger partial charge in [0.05, 0.1) is 10.6 Å². The third kappa shape index (κ3) is 3.01.